The first-order chi connectivity index (χ1) is 7.09. The monoisotopic (exact) mass is 251 g/mol. The Balaban J connectivity index is 0.00000128. The van der Waals surface area contributed by atoms with E-state index in [1.54, 1.807) is 6.07 Å². The fraction of sp³-hybridized carbons (Fsp3) is 0. The number of pyridine rings is 1. The van der Waals surface area contributed by atoms with Crippen molar-refractivity contribution in [3.63, 3.8) is 0 Å². The van der Waals surface area contributed by atoms with Crippen LogP contribution in [0.2, 0.25) is 0 Å². The molecule has 0 N–H and O–H groups in total. The molecule has 0 fully saturated rings. The standard InChI is InChI=1S/C8H6BF3N3.K/c10-9(11,12)8-3-5-14-15(8)7-2-1-4-13-6-7;/h1-6H;/q-1;+1. The van der Waals surface area contributed by atoms with Crippen molar-refractivity contribution in [2.45, 2.75) is 0 Å². The van der Waals surface area contributed by atoms with E-state index in [9.17, 15) is 12.9 Å². The van der Waals surface area contributed by atoms with Crippen LogP contribution in [0.4, 0.5) is 12.9 Å². The van der Waals surface area contributed by atoms with Crippen LogP contribution in [0.5, 0.6) is 0 Å². The van der Waals surface area contributed by atoms with Gasteiger partial charge in [0.05, 0.1) is 11.9 Å². The van der Waals surface area contributed by atoms with Crippen LogP contribution < -0.4 is 57.0 Å². The van der Waals surface area contributed by atoms with Gasteiger partial charge >= 0.3 is 58.4 Å². The van der Waals surface area contributed by atoms with Crippen molar-refractivity contribution < 1.29 is 64.3 Å². The fourth-order valence-corrected chi connectivity index (χ4v) is 1.26. The van der Waals surface area contributed by atoms with E-state index in [1.807, 2.05) is 0 Å². The Morgan fingerprint density at radius 2 is 1.88 bits per heavy atom. The van der Waals surface area contributed by atoms with Gasteiger partial charge in [-0.2, -0.15) is 5.10 Å². The fourth-order valence-electron chi connectivity index (χ4n) is 1.26. The molecule has 8 heteroatoms. The normalized spacial score (nSPS) is 10.9. The Morgan fingerprint density at radius 3 is 2.44 bits per heavy atom. The molecule has 2 rings (SSSR count). The molecular weight excluding hydrogens is 245 g/mol. The van der Waals surface area contributed by atoms with E-state index in [-0.39, 0.29) is 51.4 Å². The van der Waals surface area contributed by atoms with E-state index in [4.69, 9.17) is 0 Å². The van der Waals surface area contributed by atoms with Crippen molar-refractivity contribution in [1.29, 1.82) is 0 Å². The van der Waals surface area contributed by atoms with E-state index in [2.05, 4.69) is 10.1 Å². The van der Waals surface area contributed by atoms with Crippen LogP contribution in [0.15, 0.2) is 36.8 Å². The van der Waals surface area contributed by atoms with Crippen molar-refractivity contribution in [1.82, 2.24) is 14.8 Å². The molecule has 0 atom stereocenters. The minimum Gasteiger partial charge on any atom is -0.444 e. The summed E-state index contributed by atoms with van der Waals surface area (Å²) in [4.78, 5) is 3.74. The summed E-state index contributed by atoms with van der Waals surface area (Å²) in [5.41, 5.74) is -0.445. The smallest absolute Gasteiger partial charge is 0.444 e. The zero-order valence-electron chi connectivity index (χ0n) is 8.52. The molecule has 0 unspecified atom stereocenters. The summed E-state index contributed by atoms with van der Waals surface area (Å²) in [6, 6.07) is 4.03. The van der Waals surface area contributed by atoms with Gasteiger partial charge in [-0.25, -0.2) is 0 Å². The second-order valence-corrected chi connectivity index (χ2v) is 2.95. The van der Waals surface area contributed by atoms with Crippen LogP contribution in [0.1, 0.15) is 0 Å². The van der Waals surface area contributed by atoms with E-state index < -0.39 is 12.6 Å². The van der Waals surface area contributed by atoms with Gasteiger partial charge in [0.2, 0.25) is 0 Å². The van der Waals surface area contributed by atoms with Crippen LogP contribution in [0, 0.1) is 0 Å². The summed E-state index contributed by atoms with van der Waals surface area (Å²) < 4.78 is 38.5. The maximum Gasteiger partial charge on any atom is 1.00 e. The second kappa shape index (κ2) is 5.46. The van der Waals surface area contributed by atoms with Gasteiger partial charge in [0, 0.05) is 12.4 Å². The summed E-state index contributed by atoms with van der Waals surface area (Å²) in [5, 5.41) is 3.63. The van der Waals surface area contributed by atoms with Gasteiger partial charge in [-0.1, -0.05) is 6.07 Å². The summed E-state index contributed by atoms with van der Waals surface area (Å²) in [6.07, 6.45) is 3.95. The molecule has 2 heterocycles. The average molecular weight is 251 g/mol. The molecule has 0 amide bonds. The topological polar surface area (TPSA) is 30.7 Å². The zero-order valence-corrected chi connectivity index (χ0v) is 11.6. The molecule has 0 saturated carbocycles. The van der Waals surface area contributed by atoms with Gasteiger partial charge in [-0.15, -0.1) is 0 Å². The van der Waals surface area contributed by atoms with E-state index in [0.29, 0.717) is 5.69 Å². The molecule has 2 aromatic heterocycles. The van der Waals surface area contributed by atoms with Crippen molar-refractivity contribution in [3.8, 4) is 5.69 Å². The van der Waals surface area contributed by atoms with Crippen LogP contribution in [-0.2, 0) is 0 Å². The zero-order chi connectivity index (χ0) is 10.9. The molecule has 16 heavy (non-hydrogen) atoms. The van der Waals surface area contributed by atoms with Gasteiger partial charge in [0.15, 0.2) is 0 Å². The van der Waals surface area contributed by atoms with E-state index in [0.717, 1.165) is 16.9 Å². The molecular formula is C8H6BF3KN3. The summed E-state index contributed by atoms with van der Waals surface area (Å²) >= 11 is 0. The molecule has 0 aliphatic carbocycles. The van der Waals surface area contributed by atoms with Gasteiger partial charge in [0.1, 0.15) is 0 Å². The largest absolute Gasteiger partial charge is 1.00 e. The predicted molar refractivity (Wildman–Crippen MR) is 50.1 cm³/mol. The first-order valence-corrected chi connectivity index (χ1v) is 4.23. The molecule has 0 saturated heterocycles. The Morgan fingerprint density at radius 1 is 1.12 bits per heavy atom. The third kappa shape index (κ3) is 2.95. The van der Waals surface area contributed by atoms with Gasteiger partial charge in [-0.05, 0) is 17.7 Å². The van der Waals surface area contributed by atoms with Crippen molar-refractivity contribution in [3.05, 3.63) is 36.8 Å². The van der Waals surface area contributed by atoms with Crippen molar-refractivity contribution in [2.24, 2.45) is 0 Å². The van der Waals surface area contributed by atoms with Crippen LogP contribution in [0.3, 0.4) is 0 Å². The first kappa shape index (κ1) is 13.9. The molecule has 0 radical (unpaired) electrons. The summed E-state index contributed by atoms with van der Waals surface area (Å²) in [6.45, 7) is -5.05. The quantitative estimate of drug-likeness (QED) is 0.597. The molecule has 0 spiro atoms. The van der Waals surface area contributed by atoms with Crippen molar-refractivity contribution >= 4 is 12.6 Å². The summed E-state index contributed by atoms with van der Waals surface area (Å²) in [5.74, 6) is 0. The maximum absolute atomic E-state index is 12.5. The molecule has 3 nitrogen and oxygen atoms in total. The first-order valence-electron chi connectivity index (χ1n) is 4.23. The molecule has 2 aromatic rings. The Bertz CT molecular complexity index is 457. The van der Waals surface area contributed by atoms with Crippen LogP contribution >= 0.6 is 0 Å². The Labute approximate surface area is 133 Å². The number of hydrogen-bond acceptors (Lipinski definition) is 2. The number of aromatic nitrogens is 3. The van der Waals surface area contributed by atoms with Crippen LogP contribution in [0.25, 0.3) is 5.69 Å². The minimum absolute atomic E-state index is 0. The summed E-state index contributed by atoms with van der Waals surface area (Å²) in [7, 11) is 0. The molecule has 0 aliphatic rings. The van der Waals surface area contributed by atoms with Gasteiger partial charge in [-0.3, -0.25) is 9.67 Å². The van der Waals surface area contributed by atoms with E-state index in [1.165, 1.54) is 18.5 Å². The van der Waals surface area contributed by atoms with Gasteiger partial charge in [0.25, 0.3) is 0 Å². The number of hydrogen-bond donors (Lipinski definition) is 0. The van der Waals surface area contributed by atoms with Crippen molar-refractivity contribution in [2.75, 3.05) is 0 Å². The van der Waals surface area contributed by atoms with Gasteiger partial charge < -0.3 is 12.9 Å². The average Bonchev–Trinajstić information content (AvgIpc) is 2.67. The SMILES string of the molecule is F[B-](F)(F)c1ccnn1-c1cccnc1.[K+]. The molecule has 78 valence electrons. The molecule has 0 bridgehead atoms. The third-order valence-electron chi connectivity index (χ3n) is 1.90. The number of rotatable bonds is 2. The Hall–Kier alpha value is -0.149. The van der Waals surface area contributed by atoms with Crippen LogP contribution in [-0.4, -0.2) is 21.7 Å². The maximum atomic E-state index is 12.5. The van der Waals surface area contributed by atoms with E-state index >= 15 is 0 Å². The Kier molecular flexibility index (Phi) is 4.75. The minimum atomic E-state index is -5.05. The third-order valence-corrected chi connectivity index (χ3v) is 1.90. The number of nitrogens with zero attached hydrogens (tertiary/aromatic N) is 3. The second-order valence-electron chi connectivity index (χ2n) is 2.95. The molecule has 0 aliphatic heterocycles. The number of halogens is 3. The predicted octanol–water partition coefficient (Wildman–Crippen LogP) is -1.67. The molecule has 0 aromatic carbocycles.